The Hall–Kier alpha value is -3.81. The molecule has 2 unspecified atom stereocenters. The molecular weight excluding hydrogens is 482 g/mol. The molecule has 3 heterocycles. The summed E-state index contributed by atoms with van der Waals surface area (Å²) in [5.41, 5.74) is 0.961. The van der Waals surface area contributed by atoms with Crippen LogP contribution in [0.25, 0.3) is 11.2 Å². The van der Waals surface area contributed by atoms with Gasteiger partial charge in [0.15, 0.2) is 17.0 Å². The maximum atomic E-state index is 13.6. The molecule has 1 aliphatic heterocycles. The zero-order valence-electron chi connectivity index (χ0n) is 21.3. The number of nitro benzene ring substituents is 1. The Bertz CT molecular complexity index is 1400. The van der Waals surface area contributed by atoms with Crippen LogP contribution in [0, 0.1) is 10.1 Å². The van der Waals surface area contributed by atoms with E-state index >= 15 is 0 Å². The van der Waals surface area contributed by atoms with Gasteiger partial charge in [-0.2, -0.15) is 4.98 Å². The highest BCUT2D eigenvalue weighted by molar-refractivity contribution is 5.71. The molecule has 0 spiro atoms. The van der Waals surface area contributed by atoms with Crippen molar-refractivity contribution in [3.63, 3.8) is 0 Å². The lowest BCUT2D eigenvalue weighted by atomic mass is 10.1. The number of aliphatic imine (C=N–C) groups is 1. The van der Waals surface area contributed by atoms with Crippen molar-refractivity contribution in [2.45, 2.75) is 58.3 Å². The van der Waals surface area contributed by atoms with Crippen LogP contribution >= 0.6 is 0 Å². The van der Waals surface area contributed by atoms with Gasteiger partial charge in [-0.25, -0.2) is 15.0 Å². The van der Waals surface area contributed by atoms with Gasteiger partial charge in [-0.1, -0.05) is 12.1 Å². The average molecular weight is 512 g/mol. The second-order valence-electron chi connectivity index (χ2n) is 9.40. The number of aliphatic hydroxyl groups is 1. The molecule has 1 N–H and O–H groups in total. The molecule has 2 atom stereocenters. The van der Waals surface area contributed by atoms with Crippen LogP contribution in [0.2, 0.25) is 0 Å². The molecule has 0 radical (unpaired) electrons. The second kappa shape index (κ2) is 10.3. The third-order valence-electron chi connectivity index (χ3n) is 5.78. The monoisotopic (exact) mass is 511 g/mol. The van der Waals surface area contributed by atoms with E-state index in [2.05, 4.69) is 19.9 Å². The van der Waals surface area contributed by atoms with Gasteiger partial charge in [0, 0.05) is 32.8 Å². The summed E-state index contributed by atoms with van der Waals surface area (Å²) in [6, 6.07) is 6.13. The van der Waals surface area contributed by atoms with E-state index in [0.717, 1.165) is 5.56 Å². The molecule has 4 rings (SSSR count). The van der Waals surface area contributed by atoms with Crippen LogP contribution in [-0.2, 0) is 29.0 Å². The number of non-ortho nitro benzene ring substituents is 1. The molecule has 2 aromatic heterocycles. The number of nitro groups is 1. The lowest BCUT2D eigenvalue weighted by molar-refractivity contribution is -0.384. The third kappa shape index (κ3) is 5.63. The summed E-state index contributed by atoms with van der Waals surface area (Å²) in [7, 11) is 3.57. The van der Waals surface area contributed by atoms with Gasteiger partial charge in [0.05, 0.1) is 35.4 Å². The van der Waals surface area contributed by atoms with Crippen LogP contribution in [0.3, 0.4) is 0 Å². The summed E-state index contributed by atoms with van der Waals surface area (Å²) in [6.07, 6.45) is 0.898. The Labute approximate surface area is 212 Å². The van der Waals surface area contributed by atoms with Crippen molar-refractivity contribution in [3.8, 4) is 0 Å². The maximum Gasteiger partial charge on any atom is 0.283 e. The first-order chi connectivity index (χ1) is 17.5. The summed E-state index contributed by atoms with van der Waals surface area (Å²) < 4.78 is 13.2. The van der Waals surface area contributed by atoms with Crippen molar-refractivity contribution in [2.75, 3.05) is 14.1 Å². The maximum absolute atomic E-state index is 13.6. The van der Waals surface area contributed by atoms with E-state index in [0.29, 0.717) is 12.1 Å². The topological polar surface area (TPSA) is 158 Å². The zero-order chi connectivity index (χ0) is 26.9. The van der Waals surface area contributed by atoms with Crippen molar-refractivity contribution in [1.29, 1.82) is 0 Å². The molecular formula is C24H29N7O6. The van der Waals surface area contributed by atoms with E-state index in [1.54, 1.807) is 45.0 Å². The van der Waals surface area contributed by atoms with Crippen LogP contribution in [-0.4, -0.2) is 66.8 Å². The minimum absolute atomic E-state index is 0.0115. The van der Waals surface area contributed by atoms with E-state index in [1.807, 2.05) is 6.92 Å². The van der Waals surface area contributed by atoms with E-state index in [1.165, 1.54) is 23.0 Å². The fraction of sp³-hybridized carbons (Fsp3) is 0.458. The molecule has 1 saturated heterocycles. The number of ether oxygens (including phenoxy) is 2. The first-order valence-corrected chi connectivity index (χ1v) is 11.7. The second-order valence-corrected chi connectivity index (χ2v) is 9.40. The van der Waals surface area contributed by atoms with Gasteiger partial charge in [-0.15, -0.1) is 0 Å². The summed E-state index contributed by atoms with van der Waals surface area (Å²) in [5.74, 6) is -0.740. The molecule has 1 fully saturated rings. The SMILES string of the molecule is CC1OC(C)(C)OC1c1nc2c(=O)n(CCc3ccc([N+](=O)[O-])cc3)c(N=CN(C)C)nc2nc1CO. The highest BCUT2D eigenvalue weighted by Crippen LogP contribution is 2.38. The van der Waals surface area contributed by atoms with E-state index < -0.39 is 29.0 Å². The molecule has 0 bridgehead atoms. The average Bonchev–Trinajstić information content (AvgIpc) is 3.13. The fourth-order valence-electron chi connectivity index (χ4n) is 4.12. The largest absolute Gasteiger partial charge is 0.390 e. The van der Waals surface area contributed by atoms with Crippen LogP contribution in [0.1, 0.15) is 43.8 Å². The van der Waals surface area contributed by atoms with Crippen molar-refractivity contribution < 1.29 is 19.5 Å². The van der Waals surface area contributed by atoms with Crippen LogP contribution in [0.5, 0.6) is 0 Å². The number of hydrogen-bond donors (Lipinski definition) is 1. The van der Waals surface area contributed by atoms with E-state index in [-0.39, 0.29) is 41.1 Å². The molecule has 13 nitrogen and oxygen atoms in total. The van der Waals surface area contributed by atoms with Crippen LogP contribution in [0.15, 0.2) is 34.1 Å². The molecule has 1 aromatic carbocycles. The summed E-state index contributed by atoms with van der Waals surface area (Å²) in [6.45, 7) is 5.15. The van der Waals surface area contributed by atoms with Crippen molar-refractivity contribution in [3.05, 3.63) is 61.7 Å². The number of aliphatic hydroxyl groups excluding tert-OH is 1. The molecule has 1 aliphatic rings. The Balaban J connectivity index is 1.79. The molecule has 3 aromatic rings. The molecule has 196 valence electrons. The van der Waals surface area contributed by atoms with Gasteiger partial charge < -0.3 is 19.5 Å². The molecule has 0 amide bonds. The zero-order valence-corrected chi connectivity index (χ0v) is 21.3. The number of benzene rings is 1. The van der Waals surface area contributed by atoms with Gasteiger partial charge in [0.2, 0.25) is 5.95 Å². The van der Waals surface area contributed by atoms with Gasteiger partial charge in [0.1, 0.15) is 6.10 Å². The number of rotatable bonds is 8. The first kappa shape index (κ1) is 26.3. The van der Waals surface area contributed by atoms with Gasteiger partial charge in [-0.05, 0) is 32.8 Å². The standard InChI is InChI=1S/C24H29N7O6/c1-14-20(37-24(2,3)36-14)18-17(12-32)26-21-19(27-18)22(33)30(23(28-21)25-13-29(4)5)11-10-15-6-8-16(9-7-15)31(34)35/h6-9,13-14,20,32H,10-12H2,1-5H3. The minimum atomic E-state index is -0.860. The smallest absolute Gasteiger partial charge is 0.283 e. The molecule has 0 saturated carbocycles. The fourth-order valence-corrected chi connectivity index (χ4v) is 4.12. The number of nitrogens with zero attached hydrogens (tertiary/aromatic N) is 7. The number of hydrogen-bond acceptors (Lipinski definition) is 10. The van der Waals surface area contributed by atoms with Crippen LogP contribution < -0.4 is 5.56 Å². The number of aryl methyl sites for hydroxylation is 1. The van der Waals surface area contributed by atoms with Gasteiger partial charge in [-0.3, -0.25) is 19.5 Å². The molecule has 0 aliphatic carbocycles. The molecule has 37 heavy (non-hydrogen) atoms. The highest BCUT2D eigenvalue weighted by Gasteiger charge is 2.41. The Morgan fingerprint density at radius 1 is 1.22 bits per heavy atom. The Morgan fingerprint density at radius 3 is 2.49 bits per heavy atom. The Kier molecular flexibility index (Phi) is 7.30. The van der Waals surface area contributed by atoms with E-state index in [9.17, 15) is 20.0 Å². The number of aromatic nitrogens is 4. The third-order valence-corrected chi connectivity index (χ3v) is 5.78. The van der Waals surface area contributed by atoms with E-state index in [4.69, 9.17) is 9.47 Å². The van der Waals surface area contributed by atoms with Crippen molar-refractivity contribution in [2.24, 2.45) is 4.99 Å². The van der Waals surface area contributed by atoms with Crippen molar-refractivity contribution in [1.82, 2.24) is 24.4 Å². The normalized spacial score (nSPS) is 19.1. The number of fused-ring (bicyclic) bond motifs is 1. The first-order valence-electron chi connectivity index (χ1n) is 11.7. The predicted octanol–water partition coefficient (Wildman–Crippen LogP) is 2.26. The van der Waals surface area contributed by atoms with Gasteiger partial charge >= 0.3 is 0 Å². The van der Waals surface area contributed by atoms with Gasteiger partial charge in [0.25, 0.3) is 11.2 Å². The lowest BCUT2D eigenvalue weighted by Gasteiger charge is -2.18. The lowest BCUT2D eigenvalue weighted by Crippen LogP contribution is -2.26. The molecule has 13 heteroatoms. The quantitative estimate of drug-likeness (QED) is 0.206. The predicted molar refractivity (Wildman–Crippen MR) is 135 cm³/mol. The summed E-state index contributed by atoms with van der Waals surface area (Å²) in [5, 5.41) is 20.9. The summed E-state index contributed by atoms with van der Waals surface area (Å²) in [4.78, 5) is 43.6. The highest BCUT2D eigenvalue weighted by atomic mass is 16.7. The minimum Gasteiger partial charge on any atom is -0.390 e. The summed E-state index contributed by atoms with van der Waals surface area (Å²) >= 11 is 0. The van der Waals surface area contributed by atoms with Crippen LogP contribution in [0.4, 0.5) is 11.6 Å². The van der Waals surface area contributed by atoms with Crippen molar-refractivity contribution >= 4 is 29.1 Å². The Morgan fingerprint density at radius 2 is 1.92 bits per heavy atom.